The summed E-state index contributed by atoms with van der Waals surface area (Å²) in [4.78, 5) is 22.1. The van der Waals surface area contributed by atoms with Crippen molar-refractivity contribution in [1.29, 1.82) is 0 Å². The van der Waals surface area contributed by atoms with Crippen molar-refractivity contribution in [3.63, 3.8) is 0 Å². The van der Waals surface area contributed by atoms with Crippen molar-refractivity contribution in [2.24, 2.45) is 17.8 Å². The Morgan fingerprint density at radius 3 is 2.31 bits per heavy atom. The van der Waals surface area contributed by atoms with E-state index >= 15 is 0 Å². The molecule has 0 bridgehead atoms. The molecule has 0 aliphatic carbocycles. The lowest BCUT2D eigenvalue weighted by molar-refractivity contribution is -0.146. The summed E-state index contributed by atoms with van der Waals surface area (Å²) in [6.45, 7) is 10.8. The summed E-state index contributed by atoms with van der Waals surface area (Å²) < 4.78 is 33.9. The zero-order chi connectivity index (χ0) is 30.9. The number of ether oxygens (including phenoxy) is 2. The molecule has 0 saturated carbocycles. The van der Waals surface area contributed by atoms with Crippen molar-refractivity contribution in [1.82, 2.24) is 0 Å². The molecule has 0 saturated heterocycles. The molecule has 2 aliphatic rings. The number of phosphoric acid groups is 1. The van der Waals surface area contributed by atoms with E-state index in [0.717, 1.165) is 54.9 Å². The SMILES string of the molecule is CC(C)CCCC(C)CCCC(C)CCCC1(C)CCc2cc(OP(=O)(O)OC3=C[C@@H]([C@@H](O)CO)OC3=O)ccc2O1. The second kappa shape index (κ2) is 15.6. The number of rotatable bonds is 18. The number of esters is 1. The number of hydrogen-bond donors (Lipinski definition) is 3. The minimum Gasteiger partial charge on any atom is -0.487 e. The molecule has 4 unspecified atom stereocenters. The third kappa shape index (κ3) is 10.9. The van der Waals surface area contributed by atoms with Gasteiger partial charge in [-0.15, -0.1) is 0 Å². The van der Waals surface area contributed by atoms with Gasteiger partial charge in [0.15, 0.2) is 6.10 Å². The molecule has 10 heteroatoms. The normalized spacial score (nSPS) is 23.7. The smallest absolute Gasteiger partial charge is 0.487 e. The fourth-order valence-corrected chi connectivity index (χ4v) is 6.47. The minimum absolute atomic E-state index is 0.105. The molecule has 0 radical (unpaired) electrons. The van der Waals surface area contributed by atoms with Gasteiger partial charge in [-0.05, 0) is 74.1 Å². The number of aryl methyl sites for hydroxylation is 1. The summed E-state index contributed by atoms with van der Waals surface area (Å²) in [5, 5.41) is 18.6. The van der Waals surface area contributed by atoms with E-state index in [1.807, 2.05) is 0 Å². The number of benzene rings is 1. The van der Waals surface area contributed by atoms with E-state index in [9.17, 15) is 19.4 Å². The summed E-state index contributed by atoms with van der Waals surface area (Å²) in [6, 6.07) is 4.90. The highest BCUT2D eigenvalue weighted by atomic mass is 31.2. The van der Waals surface area contributed by atoms with E-state index in [0.29, 0.717) is 5.92 Å². The quantitative estimate of drug-likeness (QED) is 0.120. The molecular weight excluding hydrogens is 559 g/mol. The van der Waals surface area contributed by atoms with Crippen molar-refractivity contribution in [3.8, 4) is 11.5 Å². The largest absolute Gasteiger partial charge is 0.585 e. The predicted octanol–water partition coefficient (Wildman–Crippen LogP) is 6.87. The summed E-state index contributed by atoms with van der Waals surface area (Å²) in [5.74, 6) is 1.57. The third-order valence-corrected chi connectivity index (χ3v) is 9.22. The Kier molecular flexibility index (Phi) is 12.8. The fourth-order valence-electron chi connectivity index (χ4n) is 5.67. The highest BCUT2D eigenvalue weighted by Crippen LogP contribution is 2.48. The van der Waals surface area contributed by atoms with Crippen LogP contribution in [0.4, 0.5) is 0 Å². The van der Waals surface area contributed by atoms with Gasteiger partial charge < -0.3 is 28.7 Å². The average Bonchev–Trinajstić information content (AvgIpc) is 3.27. The second-order valence-electron chi connectivity index (χ2n) is 13.0. The topological polar surface area (TPSA) is 132 Å². The molecule has 1 aromatic rings. The van der Waals surface area contributed by atoms with E-state index in [2.05, 4.69) is 34.6 Å². The summed E-state index contributed by atoms with van der Waals surface area (Å²) >= 11 is 0. The van der Waals surface area contributed by atoms with Crippen LogP contribution in [0.25, 0.3) is 0 Å². The highest BCUT2D eigenvalue weighted by molar-refractivity contribution is 7.48. The van der Waals surface area contributed by atoms with Crippen molar-refractivity contribution in [2.45, 2.75) is 123 Å². The van der Waals surface area contributed by atoms with Crippen molar-refractivity contribution in [3.05, 3.63) is 35.6 Å². The molecule has 2 heterocycles. The lowest BCUT2D eigenvalue weighted by Crippen LogP contribution is -2.36. The molecule has 1 aromatic carbocycles. The lowest BCUT2D eigenvalue weighted by Gasteiger charge is -2.36. The van der Waals surface area contributed by atoms with Gasteiger partial charge in [0.25, 0.3) is 0 Å². The van der Waals surface area contributed by atoms with Crippen LogP contribution in [0.15, 0.2) is 30.0 Å². The molecule has 0 aromatic heterocycles. The maximum atomic E-state index is 12.6. The first kappa shape index (κ1) is 34.4. The molecule has 0 amide bonds. The molecule has 3 rings (SSSR count). The van der Waals surface area contributed by atoms with Gasteiger partial charge in [0.1, 0.15) is 23.2 Å². The van der Waals surface area contributed by atoms with Crippen LogP contribution in [-0.4, -0.2) is 45.5 Å². The van der Waals surface area contributed by atoms with E-state index in [-0.39, 0.29) is 11.4 Å². The Morgan fingerprint density at radius 2 is 1.67 bits per heavy atom. The number of fused-ring (bicyclic) bond motifs is 1. The van der Waals surface area contributed by atoms with Gasteiger partial charge in [0.2, 0.25) is 5.76 Å². The van der Waals surface area contributed by atoms with Crippen LogP contribution in [-0.2, 0) is 25.0 Å². The molecule has 42 heavy (non-hydrogen) atoms. The first-order valence-corrected chi connectivity index (χ1v) is 17.0. The van der Waals surface area contributed by atoms with Crippen molar-refractivity contribution < 1.29 is 43.0 Å². The number of carbonyl (C=O) groups excluding carboxylic acids is 1. The Balaban J connectivity index is 1.42. The molecule has 0 spiro atoms. The second-order valence-corrected chi connectivity index (χ2v) is 14.3. The van der Waals surface area contributed by atoms with Crippen molar-refractivity contribution >= 4 is 13.8 Å². The number of cyclic esters (lactones) is 1. The van der Waals surface area contributed by atoms with Gasteiger partial charge in [-0.2, -0.15) is 0 Å². The Hall–Kier alpha value is -2.06. The van der Waals surface area contributed by atoms with E-state index in [1.54, 1.807) is 12.1 Å². The minimum atomic E-state index is -4.73. The fraction of sp³-hybridized carbons (Fsp3) is 0.719. The van der Waals surface area contributed by atoms with Gasteiger partial charge in [-0.1, -0.05) is 72.6 Å². The monoisotopic (exact) mass is 610 g/mol. The van der Waals surface area contributed by atoms with Gasteiger partial charge in [0.05, 0.1) is 6.61 Å². The molecular formula is C32H51O9P. The summed E-state index contributed by atoms with van der Waals surface area (Å²) in [7, 11) is -4.73. The average molecular weight is 611 g/mol. The van der Waals surface area contributed by atoms with Crippen LogP contribution in [0.2, 0.25) is 0 Å². The number of phosphoric ester groups is 1. The third-order valence-electron chi connectivity index (χ3n) is 8.35. The molecule has 6 atom stereocenters. The zero-order valence-electron chi connectivity index (χ0n) is 25.9. The van der Waals surface area contributed by atoms with Gasteiger partial charge in [0, 0.05) is 6.08 Å². The molecule has 3 N–H and O–H groups in total. The Morgan fingerprint density at radius 1 is 1.02 bits per heavy atom. The summed E-state index contributed by atoms with van der Waals surface area (Å²) in [6.07, 6.45) is 11.3. The number of hydrogen-bond acceptors (Lipinski definition) is 8. The van der Waals surface area contributed by atoms with Gasteiger partial charge >= 0.3 is 13.8 Å². The van der Waals surface area contributed by atoms with Crippen LogP contribution in [0, 0.1) is 17.8 Å². The maximum Gasteiger partial charge on any atom is 0.585 e. The summed E-state index contributed by atoms with van der Waals surface area (Å²) in [5.41, 5.74) is 0.604. The number of carbonyl (C=O) groups is 1. The zero-order valence-corrected chi connectivity index (χ0v) is 26.8. The molecule has 9 nitrogen and oxygen atoms in total. The first-order valence-electron chi connectivity index (χ1n) is 15.5. The first-order chi connectivity index (χ1) is 19.8. The molecule has 238 valence electrons. The predicted molar refractivity (Wildman–Crippen MR) is 161 cm³/mol. The standard InChI is InChI=1S/C32H51O9P/c1-22(2)9-6-10-23(3)11-7-12-24(4)13-8-17-32(5)18-16-25-19-26(14-15-28(25)39-32)40-42(36,37)41-30-20-29(27(34)21-33)38-31(30)35/h14-15,19-20,22-24,27,29,33-34H,6-13,16-18,21H2,1-5H3,(H,36,37)/t23?,24?,27-,29-,32?/m0/s1. The van der Waals surface area contributed by atoms with Gasteiger partial charge in [-0.25, -0.2) is 9.36 Å². The van der Waals surface area contributed by atoms with Crippen molar-refractivity contribution in [2.75, 3.05) is 6.61 Å². The Labute approximate surface area is 251 Å². The van der Waals surface area contributed by atoms with E-state index in [1.165, 1.54) is 51.0 Å². The number of aliphatic hydroxyl groups is 2. The highest BCUT2D eigenvalue weighted by Gasteiger charge is 2.38. The maximum absolute atomic E-state index is 12.6. The van der Waals surface area contributed by atoms with Crippen LogP contribution in [0.1, 0.15) is 104 Å². The van der Waals surface area contributed by atoms with Crippen LogP contribution in [0.5, 0.6) is 11.5 Å². The van der Waals surface area contributed by atoms with Crippen LogP contribution in [0.3, 0.4) is 0 Å². The van der Waals surface area contributed by atoms with Crippen LogP contribution < -0.4 is 9.26 Å². The molecule has 2 aliphatic heterocycles. The van der Waals surface area contributed by atoms with Gasteiger partial charge in [-0.3, -0.25) is 4.89 Å². The lowest BCUT2D eigenvalue weighted by atomic mass is 9.86. The Bertz CT molecular complexity index is 1100. The molecule has 0 fully saturated rings. The van der Waals surface area contributed by atoms with Crippen LogP contribution >= 0.6 is 7.82 Å². The van der Waals surface area contributed by atoms with E-state index in [4.69, 9.17) is 23.6 Å². The number of aliphatic hydroxyl groups excluding tert-OH is 2. The van der Waals surface area contributed by atoms with E-state index < -0.39 is 38.4 Å².